The molecule has 9 nitrogen and oxygen atoms in total. The van der Waals surface area contributed by atoms with Gasteiger partial charge < -0.3 is 10.5 Å². The average Bonchev–Trinajstić information content (AvgIpc) is 2.74. The molecule has 0 radical (unpaired) electrons. The maximum absolute atomic E-state index is 12.6. The summed E-state index contributed by atoms with van der Waals surface area (Å²) in [5, 5.41) is 0. The van der Waals surface area contributed by atoms with Crippen LogP contribution in [0, 0.1) is 6.92 Å². The first kappa shape index (κ1) is 20.5. The predicted molar refractivity (Wildman–Crippen MR) is 118 cm³/mol. The van der Waals surface area contributed by atoms with Gasteiger partial charge in [-0.1, -0.05) is 29.8 Å². The maximum Gasteiger partial charge on any atom is 0.261 e. The zero-order valence-electron chi connectivity index (χ0n) is 16.9. The highest BCUT2D eigenvalue weighted by molar-refractivity contribution is 7.92. The highest BCUT2D eigenvalue weighted by Gasteiger charge is 2.15. The Morgan fingerprint density at radius 3 is 2.39 bits per heavy atom. The molecule has 0 amide bonds. The number of nitrogens with two attached hydrogens (primary N) is 1. The van der Waals surface area contributed by atoms with E-state index in [1.165, 1.54) is 0 Å². The van der Waals surface area contributed by atoms with Gasteiger partial charge in [-0.3, -0.25) is 4.72 Å². The SMILES string of the molecule is CCOc1nc(N)nc2ncc(-c3ccc(NS(=O)(=O)c4ccc(C)cc4)cc3)nc12. The predicted octanol–water partition coefficient (Wildman–Crippen LogP) is 3.18. The van der Waals surface area contributed by atoms with Gasteiger partial charge in [-0.15, -0.1) is 0 Å². The van der Waals surface area contributed by atoms with Gasteiger partial charge in [-0.2, -0.15) is 9.97 Å². The van der Waals surface area contributed by atoms with Gasteiger partial charge in [0.25, 0.3) is 10.0 Å². The van der Waals surface area contributed by atoms with Crippen LogP contribution >= 0.6 is 0 Å². The van der Waals surface area contributed by atoms with Gasteiger partial charge in [0, 0.05) is 11.3 Å². The summed E-state index contributed by atoms with van der Waals surface area (Å²) in [6.07, 6.45) is 1.57. The summed E-state index contributed by atoms with van der Waals surface area (Å²) in [5.74, 6) is 0.324. The lowest BCUT2D eigenvalue weighted by Gasteiger charge is -2.10. The number of hydrogen-bond donors (Lipinski definition) is 2. The Bertz CT molecular complexity index is 1340. The summed E-state index contributed by atoms with van der Waals surface area (Å²) < 4.78 is 33.2. The lowest BCUT2D eigenvalue weighted by atomic mass is 10.1. The molecule has 4 rings (SSSR count). The standard InChI is InChI=1S/C21H20N6O3S/c1-3-30-20-18-19(25-21(22)26-20)23-12-17(24-18)14-6-8-15(9-7-14)27-31(28,29)16-10-4-13(2)5-11-16/h4-12,27H,3H2,1-2H3,(H2,22,23,25,26). The van der Waals surface area contributed by atoms with E-state index >= 15 is 0 Å². The van der Waals surface area contributed by atoms with Gasteiger partial charge in [0.2, 0.25) is 11.8 Å². The third-order valence-electron chi connectivity index (χ3n) is 4.44. The molecule has 0 aliphatic rings. The van der Waals surface area contributed by atoms with E-state index in [9.17, 15) is 8.42 Å². The molecule has 2 aromatic heterocycles. The molecule has 0 aliphatic carbocycles. The van der Waals surface area contributed by atoms with E-state index < -0.39 is 10.0 Å². The molecule has 0 fully saturated rings. The number of sulfonamides is 1. The summed E-state index contributed by atoms with van der Waals surface area (Å²) in [5.41, 5.74) is 9.16. The minimum absolute atomic E-state index is 0.0585. The quantitative estimate of drug-likeness (QED) is 0.471. The molecule has 0 aliphatic heterocycles. The minimum Gasteiger partial charge on any atom is -0.476 e. The van der Waals surface area contributed by atoms with Crippen LogP contribution in [-0.4, -0.2) is 35.0 Å². The molecule has 10 heteroatoms. The third kappa shape index (κ3) is 4.38. The topological polar surface area (TPSA) is 133 Å². The number of nitrogens with zero attached hydrogens (tertiary/aromatic N) is 4. The Balaban J connectivity index is 1.62. The van der Waals surface area contributed by atoms with Gasteiger partial charge in [0.15, 0.2) is 11.2 Å². The second kappa shape index (κ2) is 8.15. The van der Waals surface area contributed by atoms with E-state index in [4.69, 9.17) is 10.5 Å². The Hall–Kier alpha value is -3.79. The first-order chi connectivity index (χ1) is 14.9. The molecule has 4 aromatic rings. The van der Waals surface area contributed by atoms with Crippen LogP contribution in [0.25, 0.3) is 22.4 Å². The first-order valence-electron chi connectivity index (χ1n) is 9.49. The van der Waals surface area contributed by atoms with Crippen molar-refractivity contribution in [3.8, 4) is 17.1 Å². The molecular weight excluding hydrogens is 416 g/mol. The van der Waals surface area contributed by atoms with E-state index in [1.807, 2.05) is 13.8 Å². The summed E-state index contributed by atoms with van der Waals surface area (Å²) in [6.45, 7) is 4.13. The molecular formula is C21H20N6O3S. The van der Waals surface area contributed by atoms with E-state index in [2.05, 4.69) is 24.7 Å². The number of anilines is 2. The van der Waals surface area contributed by atoms with Gasteiger partial charge in [0.05, 0.1) is 23.4 Å². The smallest absolute Gasteiger partial charge is 0.261 e. The molecule has 0 saturated heterocycles. The van der Waals surface area contributed by atoms with Crippen molar-refractivity contribution in [2.75, 3.05) is 17.1 Å². The number of ether oxygens (including phenoxy) is 1. The largest absolute Gasteiger partial charge is 0.476 e. The fourth-order valence-corrected chi connectivity index (χ4v) is 3.97. The van der Waals surface area contributed by atoms with Crippen molar-refractivity contribution in [3.63, 3.8) is 0 Å². The molecule has 0 saturated carbocycles. The van der Waals surface area contributed by atoms with Crippen molar-refractivity contribution in [1.29, 1.82) is 0 Å². The molecule has 2 heterocycles. The lowest BCUT2D eigenvalue weighted by Crippen LogP contribution is -2.12. The molecule has 158 valence electrons. The second-order valence-electron chi connectivity index (χ2n) is 6.74. The van der Waals surface area contributed by atoms with Gasteiger partial charge >= 0.3 is 0 Å². The molecule has 0 unspecified atom stereocenters. The number of benzene rings is 2. The molecule has 0 bridgehead atoms. The van der Waals surface area contributed by atoms with Crippen molar-refractivity contribution in [1.82, 2.24) is 19.9 Å². The number of rotatable bonds is 6. The fraction of sp³-hybridized carbons (Fsp3) is 0.143. The number of nitrogens with one attached hydrogen (secondary N) is 1. The Morgan fingerprint density at radius 2 is 1.71 bits per heavy atom. The number of fused-ring (bicyclic) bond motifs is 1. The van der Waals surface area contributed by atoms with E-state index in [1.54, 1.807) is 54.7 Å². The Labute approximate surface area is 179 Å². The first-order valence-corrected chi connectivity index (χ1v) is 11.0. The van der Waals surface area contributed by atoms with Crippen molar-refractivity contribution in [3.05, 3.63) is 60.3 Å². The van der Waals surface area contributed by atoms with Gasteiger partial charge in [-0.05, 0) is 38.1 Å². The van der Waals surface area contributed by atoms with Crippen LogP contribution in [0.4, 0.5) is 11.6 Å². The van der Waals surface area contributed by atoms with E-state index in [-0.39, 0.29) is 16.7 Å². The Kier molecular flexibility index (Phi) is 5.38. The molecule has 31 heavy (non-hydrogen) atoms. The molecule has 0 atom stereocenters. The average molecular weight is 436 g/mol. The zero-order chi connectivity index (χ0) is 22.0. The normalized spacial score (nSPS) is 11.4. The van der Waals surface area contributed by atoms with Crippen molar-refractivity contribution in [2.45, 2.75) is 18.7 Å². The highest BCUT2D eigenvalue weighted by Crippen LogP contribution is 2.26. The van der Waals surface area contributed by atoms with Crippen molar-refractivity contribution in [2.24, 2.45) is 0 Å². The third-order valence-corrected chi connectivity index (χ3v) is 5.83. The van der Waals surface area contributed by atoms with E-state index in [0.717, 1.165) is 11.1 Å². The fourth-order valence-electron chi connectivity index (χ4n) is 2.92. The zero-order valence-corrected chi connectivity index (χ0v) is 17.7. The van der Waals surface area contributed by atoms with Crippen LogP contribution in [0.1, 0.15) is 12.5 Å². The highest BCUT2D eigenvalue weighted by atomic mass is 32.2. The molecule has 0 spiro atoms. The van der Waals surface area contributed by atoms with Crippen LogP contribution < -0.4 is 15.2 Å². The van der Waals surface area contributed by atoms with Crippen molar-refractivity contribution >= 4 is 32.8 Å². The Morgan fingerprint density at radius 1 is 1.00 bits per heavy atom. The lowest BCUT2D eigenvalue weighted by molar-refractivity contribution is 0.330. The minimum atomic E-state index is -3.68. The number of nitrogen functional groups attached to an aromatic ring is 1. The maximum atomic E-state index is 12.6. The van der Waals surface area contributed by atoms with Crippen molar-refractivity contribution < 1.29 is 13.2 Å². The number of hydrogen-bond acceptors (Lipinski definition) is 8. The van der Waals surface area contributed by atoms with Gasteiger partial charge in [0.1, 0.15) is 0 Å². The van der Waals surface area contributed by atoms with Crippen LogP contribution in [-0.2, 0) is 10.0 Å². The van der Waals surface area contributed by atoms with Crippen LogP contribution in [0.15, 0.2) is 59.6 Å². The molecule has 2 aromatic carbocycles. The second-order valence-corrected chi connectivity index (χ2v) is 8.43. The molecule has 3 N–H and O–H groups in total. The van der Waals surface area contributed by atoms with Gasteiger partial charge in [-0.25, -0.2) is 18.4 Å². The number of aryl methyl sites for hydroxylation is 1. The van der Waals surface area contributed by atoms with Crippen LogP contribution in [0.3, 0.4) is 0 Å². The monoisotopic (exact) mass is 436 g/mol. The number of aromatic nitrogens is 4. The summed E-state index contributed by atoms with van der Waals surface area (Å²) in [6, 6.07) is 13.5. The summed E-state index contributed by atoms with van der Waals surface area (Å²) in [4.78, 5) is 17.2. The van der Waals surface area contributed by atoms with Crippen LogP contribution in [0.2, 0.25) is 0 Å². The summed E-state index contributed by atoms with van der Waals surface area (Å²) >= 11 is 0. The van der Waals surface area contributed by atoms with Crippen LogP contribution in [0.5, 0.6) is 5.88 Å². The summed E-state index contributed by atoms with van der Waals surface area (Å²) in [7, 11) is -3.68. The van der Waals surface area contributed by atoms with E-state index in [0.29, 0.717) is 29.2 Å².